The molecule has 0 atom stereocenters. The Morgan fingerprint density at radius 1 is 0.969 bits per heavy atom. The zero-order valence-corrected chi connectivity index (χ0v) is 20.1. The summed E-state index contributed by atoms with van der Waals surface area (Å²) in [5.74, 6) is 2.65. The molecule has 0 spiro atoms. The predicted octanol–water partition coefficient (Wildman–Crippen LogP) is 5.16. The number of rotatable bonds is 11. The molecule has 3 rings (SSSR count). The molecule has 1 fully saturated rings. The van der Waals surface area contributed by atoms with Crippen LogP contribution in [-0.4, -0.2) is 48.6 Å². The van der Waals surface area contributed by atoms with Crippen molar-refractivity contribution in [1.29, 1.82) is 0 Å². The quantitative estimate of drug-likeness (QED) is 0.254. The van der Waals surface area contributed by atoms with Gasteiger partial charge < -0.3 is 18.9 Å². The smallest absolute Gasteiger partial charge is 0.266 e. The number of carbonyl (C=O) groups is 1. The van der Waals surface area contributed by atoms with Crippen LogP contribution in [0.5, 0.6) is 23.0 Å². The van der Waals surface area contributed by atoms with Crippen LogP contribution in [0.3, 0.4) is 0 Å². The van der Waals surface area contributed by atoms with E-state index in [1.807, 2.05) is 62.4 Å². The van der Waals surface area contributed by atoms with Crippen molar-refractivity contribution in [1.82, 2.24) is 4.90 Å². The van der Waals surface area contributed by atoms with Crippen molar-refractivity contribution in [2.45, 2.75) is 20.3 Å². The molecule has 0 radical (unpaired) electrons. The van der Waals surface area contributed by atoms with Gasteiger partial charge in [-0.2, -0.15) is 0 Å². The molecule has 0 saturated carbocycles. The summed E-state index contributed by atoms with van der Waals surface area (Å²) in [5, 5.41) is 0. The highest BCUT2D eigenvalue weighted by Crippen LogP contribution is 2.35. The lowest BCUT2D eigenvalue weighted by atomic mass is 10.2. The molecule has 2 aromatic rings. The summed E-state index contributed by atoms with van der Waals surface area (Å²) in [6, 6.07) is 13.2. The van der Waals surface area contributed by atoms with E-state index in [9.17, 15) is 4.79 Å². The Morgan fingerprint density at radius 3 is 2.28 bits per heavy atom. The third kappa shape index (κ3) is 5.95. The largest absolute Gasteiger partial charge is 0.493 e. The first-order chi connectivity index (χ1) is 15.6. The first-order valence-corrected chi connectivity index (χ1v) is 11.7. The summed E-state index contributed by atoms with van der Waals surface area (Å²) < 4.78 is 23.3. The van der Waals surface area contributed by atoms with E-state index < -0.39 is 0 Å². The van der Waals surface area contributed by atoms with E-state index in [0.29, 0.717) is 65.0 Å². The fourth-order valence-electron chi connectivity index (χ4n) is 3.09. The zero-order chi connectivity index (χ0) is 22.9. The summed E-state index contributed by atoms with van der Waals surface area (Å²) in [7, 11) is 1.62. The minimum Gasteiger partial charge on any atom is -0.493 e. The number of hydrogen-bond acceptors (Lipinski definition) is 7. The van der Waals surface area contributed by atoms with Gasteiger partial charge in [-0.05, 0) is 49.8 Å². The molecule has 1 saturated heterocycles. The van der Waals surface area contributed by atoms with Gasteiger partial charge in [-0.25, -0.2) is 0 Å². The molecular weight excluding hydrogens is 446 g/mol. The van der Waals surface area contributed by atoms with Crippen LogP contribution < -0.4 is 18.9 Å². The van der Waals surface area contributed by atoms with Gasteiger partial charge in [-0.3, -0.25) is 9.69 Å². The van der Waals surface area contributed by atoms with Crippen molar-refractivity contribution in [3.63, 3.8) is 0 Å². The normalized spacial score (nSPS) is 14.7. The number of para-hydroxylation sites is 2. The number of thioether (sulfide) groups is 1. The van der Waals surface area contributed by atoms with Gasteiger partial charge in [0, 0.05) is 13.0 Å². The Bertz CT molecular complexity index is 992. The molecule has 1 amide bonds. The lowest BCUT2D eigenvalue weighted by Gasteiger charge is -2.14. The number of benzene rings is 2. The Morgan fingerprint density at radius 2 is 1.66 bits per heavy atom. The van der Waals surface area contributed by atoms with Crippen LogP contribution >= 0.6 is 24.0 Å². The minimum atomic E-state index is -0.0594. The van der Waals surface area contributed by atoms with Gasteiger partial charge in [0.1, 0.15) is 4.32 Å². The van der Waals surface area contributed by atoms with Gasteiger partial charge in [-0.1, -0.05) is 42.2 Å². The molecule has 6 nitrogen and oxygen atoms in total. The maximum Gasteiger partial charge on any atom is 0.266 e. The molecule has 8 heteroatoms. The van der Waals surface area contributed by atoms with Crippen LogP contribution in [-0.2, 0) is 4.79 Å². The minimum absolute atomic E-state index is 0.0594. The number of likely N-dealkylation sites (N-methyl/N-ethyl adjacent to an activating group) is 1. The van der Waals surface area contributed by atoms with E-state index >= 15 is 0 Å². The fraction of sp³-hybridized carbons (Fsp3) is 0.333. The predicted molar refractivity (Wildman–Crippen MR) is 132 cm³/mol. The number of ether oxygens (including phenoxy) is 4. The first kappa shape index (κ1) is 23.9. The monoisotopic (exact) mass is 473 g/mol. The third-order valence-corrected chi connectivity index (χ3v) is 6.01. The van der Waals surface area contributed by atoms with E-state index in [-0.39, 0.29) is 5.91 Å². The lowest BCUT2D eigenvalue weighted by molar-refractivity contribution is -0.121. The summed E-state index contributed by atoms with van der Waals surface area (Å²) in [6.45, 7) is 5.89. The van der Waals surface area contributed by atoms with E-state index in [4.69, 9.17) is 31.2 Å². The first-order valence-electron chi connectivity index (χ1n) is 10.5. The molecule has 0 aliphatic carbocycles. The summed E-state index contributed by atoms with van der Waals surface area (Å²) >= 11 is 6.60. The standard InChI is InChI=1S/C24H27NO5S2/c1-4-25-23(26)22(32-24(25)31)16-17-11-12-20(21(15-17)28-5-2)30-14-8-13-29-19-10-7-6-9-18(19)27-3/h6-7,9-12,15-16H,4-5,8,13-14H2,1-3H3. The Balaban J connectivity index is 1.59. The molecule has 0 aromatic heterocycles. The summed E-state index contributed by atoms with van der Waals surface area (Å²) in [5.41, 5.74) is 0.858. The molecule has 0 unspecified atom stereocenters. The van der Waals surface area contributed by atoms with Crippen molar-refractivity contribution in [3.8, 4) is 23.0 Å². The van der Waals surface area contributed by atoms with Crippen molar-refractivity contribution in [2.75, 3.05) is 33.5 Å². The van der Waals surface area contributed by atoms with Gasteiger partial charge in [-0.15, -0.1) is 0 Å². The van der Waals surface area contributed by atoms with Crippen molar-refractivity contribution in [2.24, 2.45) is 0 Å². The topological polar surface area (TPSA) is 57.2 Å². The zero-order valence-electron chi connectivity index (χ0n) is 18.5. The van der Waals surface area contributed by atoms with Crippen LogP contribution in [0, 0.1) is 0 Å². The molecule has 32 heavy (non-hydrogen) atoms. The van der Waals surface area contributed by atoms with Crippen LogP contribution in [0.1, 0.15) is 25.8 Å². The van der Waals surface area contributed by atoms with Crippen LogP contribution in [0.2, 0.25) is 0 Å². The highest BCUT2D eigenvalue weighted by atomic mass is 32.2. The lowest BCUT2D eigenvalue weighted by Crippen LogP contribution is -2.27. The number of nitrogens with zero attached hydrogens (tertiary/aromatic N) is 1. The van der Waals surface area contributed by atoms with E-state index in [1.165, 1.54) is 11.8 Å². The second-order valence-electron chi connectivity index (χ2n) is 6.77. The molecule has 1 aliphatic rings. The number of thiocarbonyl (C=S) groups is 1. The van der Waals surface area contributed by atoms with Gasteiger partial charge in [0.25, 0.3) is 5.91 Å². The van der Waals surface area contributed by atoms with Gasteiger partial charge in [0.05, 0.1) is 31.8 Å². The fourth-order valence-corrected chi connectivity index (χ4v) is 4.47. The second-order valence-corrected chi connectivity index (χ2v) is 8.44. The molecule has 1 heterocycles. The average Bonchev–Trinajstić information content (AvgIpc) is 3.07. The summed E-state index contributed by atoms with van der Waals surface area (Å²) in [4.78, 5) is 14.7. The average molecular weight is 474 g/mol. The SMILES string of the molecule is CCOc1cc(C=C2SC(=S)N(CC)C2=O)ccc1OCCCOc1ccccc1OC. The molecule has 1 aliphatic heterocycles. The maximum atomic E-state index is 12.4. The highest BCUT2D eigenvalue weighted by molar-refractivity contribution is 8.26. The molecule has 170 valence electrons. The number of amides is 1. The molecule has 2 aromatic carbocycles. The second kappa shape index (κ2) is 11.8. The molecule has 0 bridgehead atoms. The Hall–Kier alpha value is -2.71. The van der Waals surface area contributed by atoms with E-state index in [1.54, 1.807) is 12.0 Å². The number of methoxy groups -OCH3 is 1. The van der Waals surface area contributed by atoms with Gasteiger partial charge >= 0.3 is 0 Å². The third-order valence-electron chi connectivity index (χ3n) is 4.63. The van der Waals surface area contributed by atoms with Crippen molar-refractivity contribution < 1.29 is 23.7 Å². The highest BCUT2D eigenvalue weighted by Gasteiger charge is 2.30. The van der Waals surface area contributed by atoms with E-state index in [0.717, 1.165) is 5.56 Å². The van der Waals surface area contributed by atoms with Gasteiger partial charge in [0.2, 0.25) is 0 Å². The van der Waals surface area contributed by atoms with Crippen LogP contribution in [0.15, 0.2) is 47.4 Å². The molecular formula is C24H27NO5S2. The maximum absolute atomic E-state index is 12.4. The van der Waals surface area contributed by atoms with Crippen LogP contribution in [0.4, 0.5) is 0 Å². The van der Waals surface area contributed by atoms with E-state index in [2.05, 4.69) is 0 Å². The Kier molecular flexibility index (Phi) is 8.81. The number of carbonyl (C=O) groups excluding carboxylic acids is 1. The van der Waals surface area contributed by atoms with Crippen molar-refractivity contribution in [3.05, 3.63) is 52.9 Å². The van der Waals surface area contributed by atoms with Crippen LogP contribution in [0.25, 0.3) is 6.08 Å². The number of hydrogen-bond donors (Lipinski definition) is 0. The van der Waals surface area contributed by atoms with Crippen molar-refractivity contribution >= 4 is 40.3 Å². The Labute approximate surface area is 198 Å². The van der Waals surface area contributed by atoms with Gasteiger partial charge in [0.15, 0.2) is 23.0 Å². The summed E-state index contributed by atoms with van der Waals surface area (Å²) in [6.07, 6.45) is 2.53. The molecule has 0 N–H and O–H groups in total.